The average Bonchev–Trinajstić information content (AvgIpc) is 2.48. The minimum absolute atomic E-state index is 0.0775. The molecule has 0 bridgehead atoms. The van der Waals surface area contributed by atoms with Crippen molar-refractivity contribution in [2.45, 2.75) is 39.0 Å². The first-order valence-corrected chi connectivity index (χ1v) is 7.48. The second-order valence-electron chi connectivity index (χ2n) is 5.48. The van der Waals surface area contributed by atoms with E-state index in [1.54, 1.807) is 0 Å². The molecule has 0 amide bonds. The summed E-state index contributed by atoms with van der Waals surface area (Å²) >= 11 is 0. The molecular formula is C16H26N2O2. The largest absolute Gasteiger partial charge is 0.394 e. The van der Waals surface area contributed by atoms with Crippen LogP contribution in [0, 0.1) is 0 Å². The molecule has 0 radical (unpaired) electrons. The van der Waals surface area contributed by atoms with E-state index in [9.17, 15) is 5.11 Å². The van der Waals surface area contributed by atoms with Gasteiger partial charge in [0.15, 0.2) is 0 Å². The van der Waals surface area contributed by atoms with Crippen molar-refractivity contribution >= 4 is 5.69 Å². The molecule has 0 aromatic heterocycles. The monoisotopic (exact) mass is 278 g/mol. The number of ether oxygens (including phenoxy) is 1. The van der Waals surface area contributed by atoms with Crippen molar-refractivity contribution in [1.29, 1.82) is 0 Å². The third kappa shape index (κ3) is 3.32. The Balaban J connectivity index is 2.26. The molecular weight excluding hydrogens is 252 g/mol. The second kappa shape index (κ2) is 7.07. The van der Waals surface area contributed by atoms with Crippen LogP contribution in [0.2, 0.25) is 0 Å². The van der Waals surface area contributed by atoms with E-state index >= 15 is 0 Å². The molecule has 0 saturated carbocycles. The van der Waals surface area contributed by atoms with Crippen LogP contribution in [0.5, 0.6) is 0 Å². The Morgan fingerprint density at radius 2 is 2.20 bits per heavy atom. The van der Waals surface area contributed by atoms with Gasteiger partial charge >= 0.3 is 0 Å². The Kier molecular flexibility index (Phi) is 5.40. The zero-order chi connectivity index (χ0) is 14.5. The predicted octanol–water partition coefficient (Wildman–Crippen LogP) is 1.94. The van der Waals surface area contributed by atoms with Crippen LogP contribution in [-0.4, -0.2) is 43.6 Å². The molecule has 112 valence electrons. The molecule has 0 spiro atoms. The van der Waals surface area contributed by atoms with Crippen molar-refractivity contribution in [2.24, 2.45) is 0 Å². The van der Waals surface area contributed by atoms with E-state index in [2.05, 4.69) is 55.3 Å². The Bertz CT molecular complexity index is 425. The molecule has 2 N–H and O–H groups in total. The third-order valence-corrected chi connectivity index (χ3v) is 3.93. The Hall–Kier alpha value is -1.10. The van der Waals surface area contributed by atoms with Crippen molar-refractivity contribution in [3.8, 4) is 0 Å². The van der Waals surface area contributed by atoms with Crippen LogP contribution in [0.4, 0.5) is 5.69 Å². The molecule has 3 atom stereocenters. The van der Waals surface area contributed by atoms with Crippen molar-refractivity contribution in [1.82, 2.24) is 5.32 Å². The van der Waals surface area contributed by atoms with Gasteiger partial charge in [-0.15, -0.1) is 0 Å². The van der Waals surface area contributed by atoms with Crippen LogP contribution in [-0.2, 0) is 4.74 Å². The van der Waals surface area contributed by atoms with Gasteiger partial charge < -0.3 is 20.1 Å². The zero-order valence-corrected chi connectivity index (χ0v) is 12.7. The summed E-state index contributed by atoms with van der Waals surface area (Å²) in [5.74, 6) is 0. The van der Waals surface area contributed by atoms with Gasteiger partial charge in [-0.05, 0) is 32.0 Å². The highest BCUT2D eigenvalue weighted by molar-refractivity contribution is 5.56. The fraction of sp³-hybridized carbons (Fsp3) is 0.625. The van der Waals surface area contributed by atoms with Crippen molar-refractivity contribution in [3.63, 3.8) is 0 Å². The van der Waals surface area contributed by atoms with Gasteiger partial charge in [0.25, 0.3) is 0 Å². The third-order valence-electron chi connectivity index (χ3n) is 3.93. The van der Waals surface area contributed by atoms with E-state index < -0.39 is 0 Å². The lowest BCUT2D eigenvalue weighted by atomic mass is 10.0. The molecule has 2 rings (SSSR count). The summed E-state index contributed by atoms with van der Waals surface area (Å²) in [6.45, 7) is 8.92. The summed E-state index contributed by atoms with van der Waals surface area (Å²) in [5.41, 5.74) is 2.55. The highest BCUT2D eigenvalue weighted by Crippen LogP contribution is 2.29. The van der Waals surface area contributed by atoms with Gasteiger partial charge in [0.1, 0.15) is 0 Å². The van der Waals surface area contributed by atoms with E-state index in [1.807, 2.05) is 0 Å². The summed E-state index contributed by atoms with van der Waals surface area (Å²) in [7, 11) is 0. The molecule has 20 heavy (non-hydrogen) atoms. The minimum Gasteiger partial charge on any atom is -0.394 e. The SMILES string of the molecule is CCNC(C)c1ccccc1N1CC(CO)OCC1C. The maximum atomic E-state index is 9.34. The number of aliphatic hydroxyl groups is 1. The lowest BCUT2D eigenvalue weighted by Gasteiger charge is -2.40. The van der Waals surface area contributed by atoms with Gasteiger partial charge in [-0.25, -0.2) is 0 Å². The minimum atomic E-state index is -0.0892. The van der Waals surface area contributed by atoms with Crippen molar-refractivity contribution in [3.05, 3.63) is 29.8 Å². The maximum absolute atomic E-state index is 9.34. The number of benzene rings is 1. The summed E-state index contributed by atoms with van der Waals surface area (Å²) in [5, 5.41) is 12.8. The number of rotatable bonds is 5. The summed E-state index contributed by atoms with van der Waals surface area (Å²) in [6, 6.07) is 9.15. The Morgan fingerprint density at radius 3 is 2.90 bits per heavy atom. The number of anilines is 1. The molecule has 1 aliphatic rings. The Morgan fingerprint density at radius 1 is 1.45 bits per heavy atom. The molecule has 1 aromatic rings. The summed E-state index contributed by atoms with van der Waals surface area (Å²) in [4.78, 5) is 2.35. The van der Waals surface area contributed by atoms with Crippen LogP contribution in [0.3, 0.4) is 0 Å². The maximum Gasteiger partial charge on any atom is 0.0981 e. The summed E-state index contributed by atoms with van der Waals surface area (Å²) < 4.78 is 5.63. The first-order valence-electron chi connectivity index (χ1n) is 7.48. The normalized spacial score (nSPS) is 24.7. The van der Waals surface area contributed by atoms with E-state index in [4.69, 9.17) is 4.74 Å². The highest BCUT2D eigenvalue weighted by Gasteiger charge is 2.27. The van der Waals surface area contributed by atoms with Crippen LogP contribution in [0.25, 0.3) is 0 Å². The lowest BCUT2D eigenvalue weighted by molar-refractivity contribution is -0.0104. The lowest BCUT2D eigenvalue weighted by Crippen LogP contribution is -2.50. The van der Waals surface area contributed by atoms with Gasteiger partial charge in [0.05, 0.1) is 19.3 Å². The van der Waals surface area contributed by atoms with Crippen LogP contribution in [0.1, 0.15) is 32.4 Å². The van der Waals surface area contributed by atoms with Gasteiger partial charge in [0.2, 0.25) is 0 Å². The summed E-state index contributed by atoms with van der Waals surface area (Å²) in [6.07, 6.45) is -0.0892. The first kappa shape index (κ1) is 15.3. The van der Waals surface area contributed by atoms with Crippen LogP contribution < -0.4 is 10.2 Å². The van der Waals surface area contributed by atoms with E-state index in [0.717, 1.165) is 13.1 Å². The number of morpholine rings is 1. The molecule has 1 heterocycles. The van der Waals surface area contributed by atoms with E-state index in [1.165, 1.54) is 11.3 Å². The van der Waals surface area contributed by atoms with Crippen LogP contribution >= 0.6 is 0 Å². The van der Waals surface area contributed by atoms with Crippen molar-refractivity contribution in [2.75, 3.05) is 31.2 Å². The topological polar surface area (TPSA) is 44.7 Å². The van der Waals surface area contributed by atoms with E-state index in [0.29, 0.717) is 18.7 Å². The molecule has 4 heteroatoms. The van der Waals surface area contributed by atoms with Crippen molar-refractivity contribution < 1.29 is 9.84 Å². The van der Waals surface area contributed by atoms with Gasteiger partial charge in [-0.2, -0.15) is 0 Å². The fourth-order valence-electron chi connectivity index (χ4n) is 2.79. The standard InChI is InChI=1S/C16H26N2O2/c1-4-17-13(3)15-7-5-6-8-16(15)18-9-14(10-19)20-11-12(18)2/h5-8,12-14,17,19H,4,9-11H2,1-3H3. The molecule has 1 saturated heterocycles. The highest BCUT2D eigenvalue weighted by atomic mass is 16.5. The van der Waals surface area contributed by atoms with Gasteiger partial charge in [0, 0.05) is 24.3 Å². The van der Waals surface area contributed by atoms with Gasteiger partial charge in [-0.3, -0.25) is 0 Å². The molecule has 1 aromatic carbocycles. The number of para-hydroxylation sites is 1. The first-order chi connectivity index (χ1) is 9.67. The number of hydrogen-bond acceptors (Lipinski definition) is 4. The molecule has 4 nitrogen and oxygen atoms in total. The molecule has 0 aliphatic carbocycles. The molecule has 1 fully saturated rings. The van der Waals surface area contributed by atoms with E-state index in [-0.39, 0.29) is 12.7 Å². The fourth-order valence-corrected chi connectivity index (χ4v) is 2.79. The second-order valence-corrected chi connectivity index (χ2v) is 5.48. The smallest absolute Gasteiger partial charge is 0.0981 e. The predicted molar refractivity (Wildman–Crippen MR) is 82.2 cm³/mol. The molecule has 1 aliphatic heterocycles. The average molecular weight is 278 g/mol. The molecule has 3 unspecified atom stereocenters. The quantitative estimate of drug-likeness (QED) is 0.864. The zero-order valence-electron chi connectivity index (χ0n) is 12.7. The Labute approximate surface area is 121 Å². The number of nitrogens with zero attached hydrogens (tertiary/aromatic N) is 1. The number of nitrogens with one attached hydrogen (secondary N) is 1. The van der Waals surface area contributed by atoms with Gasteiger partial charge in [-0.1, -0.05) is 25.1 Å². The number of hydrogen-bond donors (Lipinski definition) is 2. The van der Waals surface area contributed by atoms with Crippen LogP contribution in [0.15, 0.2) is 24.3 Å². The number of aliphatic hydroxyl groups excluding tert-OH is 1.